The largest absolute Gasteiger partial charge is 0.421 e. The van der Waals surface area contributed by atoms with Crippen LogP contribution in [0.5, 0.6) is 0 Å². The second kappa shape index (κ2) is 5.66. The molecule has 0 rings (SSSR count). The molecule has 0 saturated carbocycles. The van der Waals surface area contributed by atoms with Gasteiger partial charge in [-0.2, -0.15) is 0 Å². The Labute approximate surface area is 119 Å². The van der Waals surface area contributed by atoms with E-state index in [9.17, 15) is 0 Å². The van der Waals surface area contributed by atoms with E-state index in [0.29, 0.717) is 0 Å². The van der Waals surface area contributed by atoms with E-state index in [0.717, 1.165) is 29.7 Å². The summed E-state index contributed by atoms with van der Waals surface area (Å²) in [5.41, 5.74) is 0.507. The van der Waals surface area contributed by atoms with Gasteiger partial charge in [0.25, 0.3) is 0 Å². The number of rotatable bonds is 7. The van der Waals surface area contributed by atoms with Crippen molar-refractivity contribution in [2.45, 2.75) is 87.2 Å². The molecule has 0 aliphatic heterocycles. The fourth-order valence-corrected chi connectivity index (χ4v) is 5.98. The van der Waals surface area contributed by atoms with Gasteiger partial charge in [-0.25, -0.2) is 0 Å². The molecule has 0 bridgehead atoms. The highest BCUT2D eigenvalue weighted by Crippen LogP contribution is 2.59. The van der Waals surface area contributed by atoms with Gasteiger partial charge >= 0.3 is 0 Å². The molecule has 0 N–H and O–H groups in total. The maximum Gasteiger partial charge on any atom is 0.146 e. The molecule has 0 aliphatic carbocycles. The predicted octanol–water partition coefficient (Wildman–Crippen LogP) is 4.33. The Hall–Kier alpha value is 0.177. The fourth-order valence-electron chi connectivity index (χ4n) is 4.32. The predicted molar refractivity (Wildman–Crippen MR) is 86.0 cm³/mol. The monoisotopic (exact) mass is 272 g/mol. The highest BCUT2D eigenvalue weighted by molar-refractivity contribution is 5.98. The van der Waals surface area contributed by atoms with Crippen LogP contribution in [-0.2, 0) is 4.43 Å². The third kappa shape index (κ3) is 2.43. The van der Waals surface area contributed by atoms with E-state index in [4.69, 9.17) is 4.43 Å². The summed E-state index contributed by atoms with van der Waals surface area (Å²) in [4.78, 5) is 0. The summed E-state index contributed by atoms with van der Waals surface area (Å²) < 4.78 is 6.44. The Morgan fingerprint density at radius 1 is 0.667 bits per heavy atom. The average Bonchev–Trinajstić information content (AvgIpc) is 2.29. The molecule has 0 unspecified atom stereocenters. The molecular weight excluding hydrogens is 236 g/mol. The number of hydrogen-bond donors (Lipinski definition) is 0. The standard InChI is InChI=1S/C16H36OSi/c1-10-13(4,5)16(17-18,14(6,7)11-2)15(8,9)12-3/h10-12H2,1-9,18H3. The van der Waals surface area contributed by atoms with Crippen molar-refractivity contribution in [3.05, 3.63) is 0 Å². The Morgan fingerprint density at radius 3 is 1.00 bits per heavy atom. The molecule has 0 spiro atoms. The minimum atomic E-state index is -0.0581. The van der Waals surface area contributed by atoms with Crippen molar-refractivity contribution in [3.63, 3.8) is 0 Å². The first-order valence-corrected chi connectivity index (χ1v) is 8.36. The van der Waals surface area contributed by atoms with Gasteiger partial charge in [0.1, 0.15) is 10.5 Å². The van der Waals surface area contributed by atoms with Crippen LogP contribution in [0, 0.1) is 16.2 Å². The Kier molecular flexibility index (Phi) is 5.72. The smallest absolute Gasteiger partial charge is 0.146 e. The van der Waals surface area contributed by atoms with Gasteiger partial charge in [-0.3, -0.25) is 0 Å². The lowest BCUT2D eigenvalue weighted by Gasteiger charge is -2.63. The summed E-state index contributed by atoms with van der Waals surface area (Å²) >= 11 is 0. The van der Waals surface area contributed by atoms with Crippen LogP contribution < -0.4 is 0 Å². The number of hydrogen-bond acceptors (Lipinski definition) is 1. The minimum Gasteiger partial charge on any atom is -0.421 e. The summed E-state index contributed by atoms with van der Waals surface area (Å²) in [5, 5.41) is 0. The quantitative estimate of drug-likeness (QED) is 0.627. The van der Waals surface area contributed by atoms with Crippen LogP contribution in [0.1, 0.15) is 81.6 Å². The lowest BCUT2D eigenvalue weighted by molar-refractivity contribution is -0.202. The van der Waals surface area contributed by atoms with Gasteiger partial charge < -0.3 is 4.43 Å². The molecule has 0 saturated heterocycles. The molecule has 0 aromatic rings. The first-order valence-electron chi connectivity index (χ1n) is 7.54. The van der Waals surface area contributed by atoms with Crippen LogP contribution in [-0.4, -0.2) is 16.1 Å². The van der Waals surface area contributed by atoms with Crippen molar-refractivity contribution < 1.29 is 4.43 Å². The van der Waals surface area contributed by atoms with Gasteiger partial charge in [-0.15, -0.1) is 0 Å². The SMILES string of the molecule is CCC(C)(C)C(O[SiH3])(C(C)(C)CC)C(C)(C)CC. The van der Waals surface area contributed by atoms with Crippen molar-refractivity contribution in [1.82, 2.24) is 0 Å². The molecule has 0 fully saturated rings. The maximum atomic E-state index is 6.44. The first-order chi connectivity index (χ1) is 7.99. The third-order valence-electron chi connectivity index (χ3n) is 5.82. The zero-order valence-electron chi connectivity index (χ0n) is 14.5. The van der Waals surface area contributed by atoms with Gasteiger partial charge in [0, 0.05) is 0 Å². The second-order valence-corrected chi connectivity index (χ2v) is 8.01. The third-order valence-corrected chi connectivity index (χ3v) is 6.43. The van der Waals surface area contributed by atoms with Crippen molar-refractivity contribution in [2.24, 2.45) is 16.2 Å². The molecule has 0 radical (unpaired) electrons. The summed E-state index contributed by atoms with van der Waals surface area (Å²) in [6, 6.07) is 0. The molecule has 0 atom stereocenters. The van der Waals surface area contributed by atoms with Crippen molar-refractivity contribution in [3.8, 4) is 0 Å². The lowest BCUT2D eigenvalue weighted by Crippen LogP contribution is -2.65. The Balaban J connectivity index is 6.13. The van der Waals surface area contributed by atoms with Crippen LogP contribution in [0.2, 0.25) is 0 Å². The lowest BCUT2D eigenvalue weighted by atomic mass is 9.49. The van der Waals surface area contributed by atoms with Gasteiger partial charge in [-0.05, 0) is 35.5 Å². The van der Waals surface area contributed by atoms with Crippen molar-refractivity contribution in [2.75, 3.05) is 0 Å². The van der Waals surface area contributed by atoms with Gasteiger partial charge in [0.2, 0.25) is 0 Å². The zero-order chi connectivity index (χ0) is 14.8. The highest BCUT2D eigenvalue weighted by atomic mass is 28.2. The van der Waals surface area contributed by atoms with Crippen LogP contribution in [0.15, 0.2) is 0 Å². The Bertz CT molecular complexity index is 225. The van der Waals surface area contributed by atoms with E-state index < -0.39 is 0 Å². The van der Waals surface area contributed by atoms with E-state index in [1.54, 1.807) is 0 Å². The van der Waals surface area contributed by atoms with Gasteiger partial charge in [0.05, 0.1) is 5.60 Å². The van der Waals surface area contributed by atoms with Crippen molar-refractivity contribution >= 4 is 10.5 Å². The van der Waals surface area contributed by atoms with E-state index in [-0.39, 0.29) is 21.8 Å². The molecular formula is C16H36OSi. The van der Waals surface area contributed by atoms with Crippen molar-refractivity contribution in [1.29, 1.82) is 0 Å². The molecule has 0 aromatic heterocycles. The Morgan fingerprint density at radius 2 is 0.889 bits per heavy atom. The van der Waals surface area contributed by atoms with E-state index in [1.165, 1.54) is 0 Å². The molecule has 18 heavy (non-hydrogen) atoms. The molecule has 0 aliphatic rings. The molecule has 2 heteroatoms. The minimum absolute atomic E-state index is 0.0581. The topological polar surface area (TPSA) is 9.23 Å². The van der Waals surface area contributed by atoms with Gasteiger partial charge in [0.15, 0.2) is 0 Å². The summed E-state index contributed by atoms with van der Waals surface area (Å²) in [5.74, 6) is 0. The molecule has 0 aromatic carbocycles. The highest BCUT2D eigenvalue weighted by Gasteiger charge is 2.60. The molecule has 1 nitrogen and oxygen atoms in total. The maximum absolute atomic E-state index is 6.44. The van der Waals surface area contributed by atoms with E-state index in [1.807, 2.05) is 0 Å². The molecule has 110 valence electrons. The van der Waals surface area contributed by atoms with E-state index in [2.05, 4.69) is 62.3 Å². The summed E-state index contributed by atoms with van der Waals surface area (Å²) in [6.45, 7) is 21.2. The van der Waals surface area contributed by atoms with Crippen LogP contribution in [0.25, 0.3) is 0 Å². The average molecular weight is 273 g/mol. The van der Waals surface area contributed by atoms with Gasteiger partial charge in [-0.1, -0.05) is 62.3 Å². The summed E-state index contributed by atoms with van der Waals surface area (Å²) in [6.07, 6.45) is 3.46. The normalized spacial score (nSPS) is 15.2. The zero-order valence-corrected chi connectivity index (χ0v) is 16.5. The first kappa shape index (κ1) is 18.2. The van der Waals surface area contributed by atoms with Crippen LogP contribution >= 0.6 is 0 Å². The fraction of sp³-hybridized carbons (Fsp3) is 1.00. The van der Waals surface area contributed by atoms with Crippen LogP contribution in [0.4, 0.5) is 0 Å². The molecule has 0 heterocycles. The molecule has 0 amide bonds. The van der Waals surface area contributed by atoms with E-state index >= 15 is 0 Å². The second-order valence-electron chi connectivity index (χ2n) is 7.60. The van der Waals surface area contributed by atoms with Crippen LogP contribution in [0.3, 0.4) is 0 Å². The summed E-state index contributed by atoms with van der Waals surface area (Å²) in [7, 11) is 0.802.